The molecule has 1 saturated heterocycles. The lowest BCUT2D eigenvalue weighted by Gasteiger charge is -2.36. The summed E-state index contributed by atoms with van der Waals surface area (Å²) >= 11 is 0. The van der Waals surface area contributed by atoms with Crippen molar-refractivity contribution in [1.29, 1.82) is 0 Å². The number of hydrogen-bond acceptors (Lipinski definition) is 1. The van der Waals surface area contributed by atoms with Crippen molar-refractivity contribution in [3.8, 4) is 0 Å². The van der Waals surface area contributed by atoms with Crippen LogP contribution in [0.15, 0.2) is 91.0 Å². The molecule has 3 heteroatoms. The van der Waals surface area contributed by atoms with Crippen LogP contribution in [0.4, 0.5) is 10.5 Å². The number of piperidine rings is 1. The number of benzene rings is 3. The molecule has 28 heavy (non-hydrogen) atoms. The van der Waals surface area contributed by atoms with E-state index in [0.29, 0.717) is 11.8 Å². The van der Waals surface area contributed by atoms with E-state index in [0.717, 1.165) is 31.6 Å². The summed E-state index contributed by atoms with van der Waals surface area (Å²) in [4.78, 5) is 14.5. The fraction of sp³-hybridized carbons (Fsp3) is 0.240. The Morgan fingerprint density at radius 3 is 1.71 bits per heavy atom. The van der Waals surface area contributed by atoms with Crippen LogP contribution in [0, 0.1) is 5.92 Å². The normalized spacial score (nSPS) is 14.8. The summed E-state index contributed by atoms with van der Waals surface area (Å²) in [6.45, 7) is 1.58. The van der Waals surface area contributed by atoms with Gasteiger partial charge in [-0.3, -0.25) is 0 Å². The van der Waals surface area contributed by atoms with Gasteiger partial charge in [0, 0.05) is 24.7 Å². The maximum absolute atomic E-state index is 12.6. The summed E-state index contributed by atoms with van der Waals surface area (Å²) in [6.07, 6.45) is 2.02. The minimum Gasteiger partial charge on any atom is -0.325 e. The minimum atomic E-state index is 0.000576. The number of rotatable bonds is 4. The SMILES string of the molecule is O=C(Nc1ccccc1)N1CCC(C(c2ccccc2)c2ccccc2)CC1. The standard InChI is InChI=1S/C25H26N2O/c28-25(26-23-14-8-3-9-15-23)27-18-16-22(17-19-27)24(20-10-4-1-5-11-20)21-12-6-2-7-13-21/h1-15,22,24H,16-19H2,(H,26,28). The number of carbonyl (C=O) groups excluding carboxylic acids is 1. The molecule has 0 saturated carbocycles. The van der Waals surface area contributed by atoms with Gasteiger partial charge in [-0.2, -0.15) is 0 Å². The number of hydrogen-bond donors (Lipinski definition) is 1. The van der Waals surface area contributed by atoms with E-state index in [2.05, 4.69) is 66.0 Å². The number of para-hydroxylation sites is 1. The van der Waals surface area contributed by atoms with Crippen LogP contribution in [-0.4, -0.2) is 24.0 Å². The molecule has 3 aromatic rings. The van der Waals surface area contributed by atoms with Gasteiger partial charge in [-0.15, -0.1) is 0 Å². The molecular weight excluding hydrogens is 344 g/mol. The Labute approximate surface area is 167 Å². The predicted molar refractivity (Wildman–Crippen MR) is 114 cm³/mol. The average Bonchev–Trinajstić information content (AvgIpc) is 2.77. The van der Waals surface area contributed by atoms with Crippen LogP contribution in [0.25, 0.3) is 0 Å². The number of nitrogens with one attached hydrogen (secondary N) is 1. The number of anilines is 1. The number of nitrogens with zero attached hydrogens (tertiary/aromatic N) is 1. The van der Waals surface area contributed by atoms with Gasteiger partial charge in [-0.25, -0.2) is 4.79 Å². The summed E-state index contributed by atoms with van der Waals surface area (Å²) in [5.74, 6) is 0.910. The van der Waals surface area contributed by atoms with Crippen molar-refractivity contribution in [2.45, 2.75) is 18.8 Å². The molecule has 1 heterocycles. The molecular formula is C25H26N2O. The molecule has 0 bridgehead atoms. The summed E-state index contributed by atoms with van der Waals surface area (Å²) < 4.78 is 0. The molecule has 0 spiro atoms. The van der Waals surface area contributed by atoms with Crippen LogP contribution in [0.3, 0.4) is 0 Å². The Balaban J connectivity index is 1.45. The highest BCUT2D eigenvalue weighted by Gasteiger charge is 2.30. The molecule has 2 amide bonds. The highest BCUT2D eigenvalue weighted by molar-refractivity contribution is 5.89. The zero-order valence-electron chi connectivity index (χ0n) is 16.0. The second kappa shape index (κ2) is 8.75. The molecule has 0 aliphatic carbocycles. The van der Waals surface area contributed by atoms with Crippen LogP contribution in [0.1, 0.15) is 29.9 Å². The number of amides is 2. The smallest absolute Gasteiger partial charge is 0.321 e. The molecule has 4 rings (SSSR count). The van der Waals surface area contributed by atoms with Crippen molar-refractivity contribution < 1.29 is 4.79 Å². The Kier molecular flexibility index (Phi) is 5.72. The molecule has 0 unspecified atom stereocenters. The second-order valence-electron chi connectivity index (χ2n) is 7.42. The third-order valence-electron chi connectivity index (χ3n) is 5.64. The van der Waals surface area contributed by atoms with E-state index in [-0.39, 0.29) is 6.03 Å². The lowest BCUT2D eigenvalue weighted by atomic mass is 9.76. The van der Waals surface area contributed by atoms with Gasteiger partial charge in [0.05, 0.1) is 0 Å². The average molecular weight is 370 g/mol. The van der Waals surface area contributed by atoms with Gasteiger partial charge >= 0.3 is 6.03 Å². The molecule has 3 aromatic carbocycles. The Morgan fingerprint density at radius 2 is 1.21 bits per heavy atom. The monoisotopic (exact) mass is 370 g/mol. The third-order valence-corrected chi connectivity index (χ3v) is 5.64. The quantitative estimate of drug-likeness (QED) is 0.622. The molecule has 3 nitrogen and oxygen atoms in total. The topological polar surface area (TPSA) is 32.3 Å². The van der Waals surface area contributed by atoms with Crippen molar-refractivity contribution in [3.05, 3.63) is 102 Å². The van der Waals surface area contributed by atoms with Gasteiger partial charge in [-0.1, -0.05) is 78.9 Å². The van der Waals surface area contributed by atoms with Gasteiger partial charge < -0.3 is 10.2 Å². The minimum absolute atomic E-state index is 0.000576. The summed E-state index contributed by atoms with van der Waals surface area (Å²) in [6, 6.07) is 31.2. The molecule has 0 radical (unpaired) electrons. The van der Waals surface area contributed by atoms with E-state index in [1.54, 1.807) is 0 Å². The highest BCUT2D eigenvalue weighted by atomic mass is 16.2. The molecule has 1 aliphatic rings. The van der Waals surface area contributed by atoms with E-state index in [9.17, 15) is 4.79 Å². The van der Waals surface area contributed by atoms with Gasteiger partial charge in [0.25, 0.3) is 0 Å². The van der Waals surface area contributed by atoms with E-state index in [4.69, 9.17) is 0 Å². The fourth-order valence-corrected chi connectivity index (χ4v) is 4.22. The molecule has 142 valence electrons. The van der Waals surface area contributed by atoms with Gasteiger partial charge in [-0.05, 0) is 42.0 Å². The van der Waals surface area contributed by atoms with E-state index in [1.807, 2.05) is 35.2 Å². The second-order valence-corrected chi connectivity index (χ2v) is 7.42. The molecule has 0 atom stereocenters. The zero-order chi connectivity index (χ0) is 19.2. The maximum atomic E-state index is 12.6. The van der Waals surface area contributed by atoms with E-state index < -0.39 is 0 Å². The predicted octanol–water partition coefficient (Wildman–Crippen LogP) is 5.76. The van der Waals surface area contributed by atoms with E-state index in [1.165, 1.54) is 11.1 Å². The first-order chi connectivity index (χ1) is 13.8. The van der Waals surface area contributed by atoms with Crippen LogP contribution in [0.5, 0.6) is 0 Å². The van der Waals surface area contributed by atoms with Crippen molar-refractivity contribution in [2.24, 2.45) is 5.92 Å². The van der Waals surface area contributed by atoms with Gasteiger partial charge in [0.2, 0.25) is 0 Å². The van der Waals surface area contributed by atoms with Crippen molar-refractivity contribution in [3.63, 3.8) is 0 Å². The molecule has 0 aromatic heterocycles. The lowest BCUT2D eigenvalue weighted by molar-refractivity contribution is 0.178. The first-order valence-corrected chi connectivity index (χ1v) is 10.0. The fourth-order valence-electron chi connectivity index (χ4n) is 4.22. The van der Waals surface area contributed by atoms with E-state index >= 15 is 0 Å². The van der Waals surface area contributed by atoms with Crippen LogP contribution in [0.2, 0.25) is 0 Å². The highest BCUT2D eigenvalue weighted by Crippen LogP contribution is 2.38. The first-order valence-electron chi connectivity index (χ1n) is 10.0. The molecule has 1 N–H and O–H groups in total. The molecule has 1 fully saturated rings. The Bertz CT molecular complexity index is 833. The lowest BCUT2D eigenvalue weighted by Crippen LogP contribution is -2.42. The molecule has 1 aliphatic heterocycles. The van der Waals surface area contributed by atoms with Crippen molar-refractivity contribution >= 4 is 11.7 Å². The number of likely N-dealkylation sites (tertiary alicyclic amines) is 1. The van der Waals surface area contributed by atoms with Gasteiger partial charge in [0.1, 0.15) is 0 Å². The summed E-state index contributed by atoms with van der Waals surface area (Å²) in [5.41, 5.74) is 3.57. The third kappa shape index (κ3) is 4.25. The van der Waals surface area contributed by atoms with Crippen molar-refractivity contribution in [1.82, 2.24) is 4.90 Å². The van der Waals surface area contributed by atoms with Gasteiger partial charge in [0.15, 0.2) is 0 Å². The summed E-state index contributed by atoms with van der Waals surface area (Å²) in [7, 11) is 0. The van der Waals surface area contributed by atoms with Crippen LogP contribution < -0.4 is 5.32 Å². The van der Waals surface area contributed by atoms with Crippen molar-refractivity contribution in [2.75, 3.05) is 18.4 Å². The number of urea groups is 1. The summed E-state index contributed by atoms with van der Waals surface area (Å²) in [5, 5.41) is 3.01. The zero-order valence-corrected chi connectivity index (χ0v) is 16.0. The number of carbonyl (C=O) groups is 1. The van der Waals surface area contributed by atoms with Crippen LogP contribution >= 0.6 is 0 Å². The first kappa shape index (κ1) is 18.3. The largest absolute Gasteiger partial charge is 0.325 e. The Hall–Kier alpha value is -3.07. The van der Waals surface area contributed by atoms with Crippen LogP contribution in [-0.2, 0) is 0 Å². The maximum Gasteiger partial charge on any atom is 0.321 e. The Morgan fingerprint density at radius 1 is 0.750 bits per heavy atom.